The zero-order chi connectivity index (χ0) is 22.9. The Bertz CT molecular complexity index is 1070. The minimum absolute atomic E-state index is 0.267. The maximum atomic E-state index is 13.0. The first-order valence-electron chi connectivity index (χ1n) is 10.9. The molecule has 1 fully saturated rings. The summed E-state index contributed by atoms with van der Waals surface area (Å²) in [6.07, 6.45) is 2.98. The number of hydrogen-bond donors (Lipinski definition) is 0. The van der Waals surface area contributed by atoms with E-state index in [9.17, 15) is 4.39 Å². The molecule has 4 rings (SSSR count). The number of ether oxygens (including phenoxy) is 3. The third-order valence-electron chi connectivity index (χ3n) is 5.04. The average Bonchev–Trinajstić information content (AvgIpc) is 2.83. The van der Waals surface area contributed by atoms with Gasteiger partial charge >= 0.3 is 0 Å². The molecule has 1 saturated heterocycles. The van der Waals surface area contributed by atoms with E-state index in [-0.39, 0.29) is 13.2 Å². The normalized spacial score (nSPS) is 13.9. The molecule has 0 amide bonds. The maximum absolute atomic E-state index is 13.0. The van der Waals surface area contributed by atoms with Crippen molar-refractivity contribution in [2.75, 3.05) is 44.4 Å². The van der Waals surface area contributed by atoms with E-state index in [0.29, 0.717) is 31.5 Å². The van der Waals surface area contributed by atoms with Crippen molar-refractivity contribution >= 4 is 11.9 Å². The molecule has 2 aromatic heterocycles. The van der Waals surface area contributed by atoms with E-state index >= 15 is 0 Å². The summed E-state index contributed by atoms with van der Waals surface area (Å²) in [7, 11) is 0. The molecule has 0 aliphatic carbocycles. The van der Waals surface area contributed by atoms with Crippen LogP contribution in [0.5, 0.6) is 11.8 Å². The predicted octanol–water partition coefficient (Wildman–Crippen LogP) is 3.84. The van der Waals surface area contributed by atoms with Gasteiger partial charge in [-0.05, 0) is 24.6 Å². The Morgan fingerprint density at radius 1 is 1.06 bits per heavy atom. The van der Waals surface area contributed by atoms with Gasteiger partial charge in [0.15, 0.2) is 0 Å². The zero-order valence-electron chi connectivity index (χ0n) is 18.6. The van der Waals surface area contributed by atoms with Crippen molar-refractivity contribution in [1.82, 2.24) is 9.97 Å². The van der Waals surface area contributed by atoms with E-state index in [2.05, 4.69) is 38.9 Å². The number of nitrogens with zero attached hydrogens (tertiary/aromatic N) is 4. The van der Waals surface area contributed by atoms with Gasteiger partial charge in [0.25, 0.3) is 0 Å². The molecule has 3 heterocycles. The smallest absolute Gasteiger partial charge is 0.215 e. The Kier molecular flexibility index (Phi) is 7.81. The van der Waals surface area contributed by atoms with Crippen LogP contribution in [0.25, 0.3) is 0 Å². The van der Waals surface area contributed by atoms with Gasteiger partial charge in [0.2, 0.25) is 11.8 Å². The quantitative estimate of drug-likeness (QED) is 0.365. The highest BCUT2D eigenvalue weighted by molar-refractivity contribution is 5.79. The van der Waals surface area contributed by atoms with Crippen molar-refractivity contribution in [2.45, 2.75) is 13.5 Å². The highest BCUT2D eigenvalue weighted by Crippen LogP contribution is 2.23. The monoisotopic (exact) mass is 450 g/mol. The summed E-state index contributed by atoms with van der Waals surface area (Å²) in [5, 5.41) is 0. The van der Waals surface area contributed by atoms with Gasteiger partial charge in [0, 0.05) is 37.1 Å². The number of morpholine rings is 1. The Morgan fingerprint density at radius 3 is 2.64 bits per heavy atom. The molecule has 3 aromatic rings. The summed E-state index contributed by atoms with van der Waals surface area (Å²) < 4.78 is 29.8. The van der Waals surface area contributed by atoms with Gasteiger partial charge in [-0.25, -0.2) is 14.4 Å². The lowest BCUT2D eigenvalue weighted by atomic mass is 10.1. The summed E-state index contributed by atoms with van der Waals surface area (Å²) in [5.41, 5.74) is 4.10. The molecule has 1 aromatic carbocycles. The topological polar surface area (TPSA) is 69.1 Å². The standard InChI is InChI=1S/C25H27FN4O3/c1-19-3-2-4-20(13-19)16-27-18-22-14-23(30-7-9-31-10-8-30)15-25(29-22)33-12-11-32-24-6-5-21(26)17-28-24/h2-6,13-17H,7-12,18H2,1H3. The van der Waals surface area contributed by atoms with E-state index in [1.807, 2.05) is 30.5 Å². The van der Waals surface area contributed by atoms with Crippen LogP contribution in [0.1, 0.15) is 16.8 Å². The van der Waals surface area contributed by atoms with E-state index in [1.165, 1.54) is 17.7 Å². The SMILES string of the molecule is Cc1cccc(C=NCc2cc(N3CCOCC3)cc(OCCOc3ccc(F)cn3)n2)c1. The second-order valence-corrected chi connectivity index (χ2v) is 7.65. The van der Waals surface area contributed by atoms with Crippen LogP contribution in [-0.4, -0.2) is 55.7 Å². The molecule has 33 heavy (non-hydrogen) atoms. The molecule has 0 bridgehead atoms. The van der Waals surface area contributed by atoms with Gasteiger partial charge in [-0.15, -0.1) is 0 Å². The summed E-state index contributed by atoms with van der Waals surface area (Å²) >= 11 is 0. The molecule has 0 N–H and O–H groups in total. The van der Waals surface area contributed by atoms with E-state index in [0.717, 1.165) is 36.2 Å². The first-order valence-corrected chi connectivity index (χ1v) is 10.9. The highest BCUT2D eigenvalue weighted by Gasteiger charge is 2.14. The molecule has 1 aliphatic rings. The van der Waals surface area contributed by atoms with Gasteiger partial charge in [-0.1, -0.05) is 29.8 Å². The molecule has 0 spiro atoms. The zero-order valence-corrected chi connectivity index (χ0v) is 18.6. The summed E-state index contributed by atoms with van der Waals surface area (Å²) in [5.74, 6) is 0.455. The van der Waals surface area contributed by atoms with Crippen molar-refractivity contribution in [3.05, 3.63) is 77.4 Å². The molecule has 1 aliphatic heterocycles. The minimum Gasteiger partial charge on any atom is -0.474 e. The molecule has 0 unspecified atom stereocenters. The number of rotatable bonds is 9. The fourth-order valence-corrected chi connectivity index (χ4v) is 3.44. The highest BCUT2D eigenvalue weighted by atomic mass is 19.1. The van der Waals surface area contributed by atoms with E-state index in [1.54, 1.807) is 0 Å². The number of halogens is 1. The molecule has 8 heteroatoms. The third-order valence-corrected chi connectivity index (χ3v) is 5.04. The van der Waals surface area contributed by atoms with Crippen LogP contribution in [0.15, 0.2) is 59.7 Å². The first kappa shape index (κ1) is 22.7. The van der Waals surface area contributed by atoms with Crippen LogP contribution >= 0.6 is 0 Å². The van der Waals surface area contributed by atoms with Gasteiger partial charge in [-0.3, -0.25) is 4.99 Å². The fraction of sp³-hybridized carbons (Fsp3) is 0.320. The second kappa shape index (κ2) is 11.4. The van der Waals surface area contributed by atoms with Gasteiger partial charge < -0.3 is 19.1 Å². The molecule has 7 nitrogen and oxygen atoms in total. The molecular weight excluding hydrogens is 423 g/mol. The Labute approximate surface area is 192 Å². The number of aromatic nitrogens is 2. The lowest BCUT2D eigenvalue weighted by Gasteiger charge is -2.29. The van der Waals surface area contributed by atoms with Gasteiger partial charge in [0.1, 0.15) is 19.0 Å². The summed E-state index contributed by atoms with van der Waals surface area (Å²) in [4.78, 5) is 15.3. The maximum Gasteiger partial charge on any atom is 0.215 e. The number of pyridine rings is 2. The van der Waals surface area contributed by atoms with E-state index < -0.39 is 5.82 Å². The van der Waals surface area contributed by atoms with Crippen LogP contribution in [0.2, 0.25) is 0 Å². The van der Waals surface area contributed by atoms with Crippen LogP contribution in [-0.2, 0) is 11.3 Å². The van der Waals surface area contributed by atoms with Crippen molar-refractivity contribution in [3.63, 3.8) is 0 Å². The van der Waals surface area contributed by atoms with Gasteiger partial charge in [0.05, 0.1) is 31.6 Å². The summed E-state index contributed by atoms with van der Waals surface area (Å²) in [6.45, 7) is 6.07. The van der Waals surface area contributed by atoms with Crippen LogP contribution in [0.3, 0.4) is 0 Å². The molecule has 172 valence electrons. The van der Waals surface area contributed by atoms with Crippen molar-refractivity contribution < 1.29 is 18.6 Å². The largest absolute Gasteiger partial charge is 0.474 e. The average molecular weight is 451 g/mol. The predicted molar refractivity (Wildman–Crippen MR) is 125 cm³/mol. The van der Waals surface area contributed by atoms with Gasteiger partial charge in [-0.2, -0.15) is 0 Å². The Morgan fingerprint density at radius 2 is 1.88 bits per heavy atom. The Hall–Kier alpha value is -3.52. The number of aryl methyl sites for hydroxylation is 1. The molecule has 0 radical (unpaired) electrons. The number of hydrogen-bond acceptors (Lipinski definition) is 7. The number of benzene rings is 1. The lowest BCUT2D eigenvalue weighted by Crippen LogP contribution is -2.36. The van der Waals surface area contributed by atoms with Crippen molar-refractivity contribution in [1.29, 1.82) is 0 Å². The van der Waals surface area contributed by atoms with Crippen LogP contribution in [0, 0.1) is 12.7 Å². The van der Waals surface area contributed by atoms with Crippen molar-refractivity contribution in [2.24, 2.45) is 4.99 Å². The summed E-state index contributed by atoms with van der Waals surface area (Å²) in [6, 6.07) is 15.0. The molecular formula is C25H27FN4O3. The molecule has 0 saturated carbocycles. The second-order valence-electron chi connectivity index (χ2n) is 7.65. The lowest BCUT2D eigenvalue weighted by molar-refractivity contribution is 0.122. The third kappa shape index (κ3) is 6.98. The fourth-order valence-electron chi connectivity index (χ4n) is 3.44. The number of aliphatic imine (C=N–C) groups is 1. The molecule has 0 atom stereocenters. The van der Waals surface area contributed by atoms with Crippen molar-refractivity contribution in [3.8, 4) is 11.8 Å². The minimum atomic E-state index is -0.402. The van der Waals surface area contributed by atoms with Crippen LogP contribution < -0.4 is 14.4 Å². The van der Waals surface area contributed by atoms with E-state index in [4.69, 9.17) is 14.2 Å². The first-order chi connectivity index (χ1) is 16.2. The van der Waals surface area contributed by atoms with Crippen LogP contribution in [0.4, 0.5) is 10.1 Å². The number of anilines is 1. The Balaban J connectivity index is 1.41.